The molecule has 1 aromatic carbocycles. The molecule has 0 amide bonds. The van der Waals surface area contributed by atoms with E-state index in [9.17, 15) is 22.4 Å². The first-order valence-corrected chi connectivity index (χ1v) is 4.84. The minimum Gasteiger partial charge on any atom is -0.481 e. The zero-order valence-corrected chi connectivity index (χ0v) is 8.67. The smallest absolute Gasteiger partial charge is 0.389 e. The molecule has 1 aromatic rings. The Kier molecular flexibility index (Phi) is 4.09. The Hall–Kier alpha value is -1.59. The van der Waals surface area contributed by atoms with Crippen molar-refractivity contribution >= 4 is 5.97 Å². The van der Waals surface area contributed by atoms with Crippen molar-refractivity contribution in [2.75, 3.05) is 0 Å². The largest absolute Gasteiger partial charge is 0.481 e. The molecule has 0 spiro atoms. The number of aliphatic carboxylic acids is 1. The third-order valence-corrected chi connectivity index (χ3v) is 2.29. The highest BCUT2D eigenvalue weighted by atomic mass is 19.4. The predicted octanol–water partition coefficient (Wildman–Crippen LogP) is 3.34. The van der Waals surface area contributed by atoms with Crippen LogP contribution in [-0.4, -0.2) is 17.3 Å². The first-order chi connectivity index (χ1) is 7.79. The lowest BCUT2D eigenvalue weighted by Crippen LogP contribution is -2.16. The molecule has 0 saturated carbocycles. The molecular formula is C11H10F4O2. The third-order valence-electron chi connectivity index (χ3n) is 2.29. The van der Waals surface area contributed by atoms with Gasteiger partial charge in [-0.1, -0.05) is 12.1 Å². The highest BCUT2D eigenvalue weighted by Gasteiger charge is 2.31. The Morgan fingerprint density at radius 2 is 1.76 bits per heavy atom. The fourth-order valence-corrected chi connectivity index (χ4v) is 1.44. The second-order valence-corrected chi connectivity index (χ2v) is 3.60. The van der Waals surface area contributed by atoms with E-state index in [0.717, 1.165) is 12.1 Å². The van der Waals surface area contributed by atoms with Crippen LogP contribution in [-0.2, 0) is 4.79 Å². The van der Waals surface area contributed by atoms with Gasteiger partial charge in [-0.2, -0.15) is 13.2 Å². The predicted molar refractivity (Wildman–Crippen MR) is 52.1 cm³/mol. The van der Waals surface area contributed by atoms with Crippen LogP contribution in [0.2, 0.25) is 0 Å². The molecule has 0 fully saturated rings. The van der Waals surface area contributed by atoms with E-state index in [2.05, 4.69) is 0 Å². The number of hydrogen-bond acceptors (Lipinski definition) is 1. The van der Waals surface area contributed by atoms with Gasteiger partial charge >= 0.3 is 12.1 Å². The van der Waals surface area contributed by atoms with E-state index in [1.807, 2.05) is 0 Å². The summed E-state index contributed by atoms with van der Waals surface area (Å²) >= 11 is 0. The Bertz CT molecular complexity index is 383. The van der Waals surface area contributed by atoms with Crippen molar-refractivity contribution in [2.45, 2.75) is 24.9 Å². The summed E-state index contributed by atoms with van der Waals surface area (Å²) in [5.41, 5.74) is 0.170. The van der Waals surface area contributed by atoms with Crippen LogP contribution in [0.1, 0.15) is 24.3 Å². The minimum absolute atomic E-state index is 0.170. The lowest BCUT2D eigenvalue weighted by molar-refractivity contribution is -0.145. The number of carboxylic acids is 1. The van der Waals surface area contributed by atoms with Crippen molar-refractivity contribution in [3.05, 3.63) is 35.6 Å². The number of carboxylic acid groups (broad SMARTS) is 1. The van der Waals surface area contributed by atoms with Crippen LogP contribution < -0.4 is 0 Å². The zero-order valence-electron chi connectivity index (χ0n) is 8.67. The molecule has 1 N–H and O–H groups in total. The summed E-state index contributed by atoms with van der Waals surface area (Å²) in [6.45, 7) is 0. The van der Waals surface area contributed by atoms with Crippen LogP contribution in [0, 0.1) is 5.82 Å². The molecule has 0 bridgehead atoms. The van der Waals surface area contributed by atoms with Gasteiger partial charge in [0.05, 0.1) is 5.92 Å². The summed E-state index contributed by atoms with van der Waals surface area (Å²) < 4.78 is 48.6. The topological polar surface area (TPSA) is 37.3 Å². The Morgan fingerprint density at radius 1 is 1.24 bits per heavy atom. The van der Waals surface area contributed by atoms with Crippen molar-refractivity contribution < 1.29 is 27.5 Å². The van der Waals surface area contributed by atoms with Gasteiger partial charge in [-0.3, -0.25) is 4.79 Å². The first-order valence-electron chi connectivity index (χ1n) is 4.84. The molecule has 2 nitrogen and oxygen atoms in total. The molecule has 0 saturated heterocycles. The summed E-state index contributed by atoms with van der Waals surface area (Å²) in [5.74, 6) is -3.17. The number of hydrogen-bond donors (Lipinski definition) is 1. The minimum atomic E-state index is -4.40. The number of carbonyl (C=O) groups is 1. The normalized spacial score (nSPS) is 13.4. The molecule has 1 unspecified atom stereocenters. The quantitative estimate of drug-likeness (QED) is 0.832. The maximum atomic E-state index is 12.6. The molecule has 0 aliphatic heterocycles. The molecule has 94 valence electrons. The van der Waals surface area contributed by atoms with Crippen molar-refractivity contribution in [2.24, 2.45) is 0 Å². The summed E-state index contributed by atoms with van der Waals surface area (Å²) in [6.07, 6.45) is -6.13. The van der Waals surface area contributed by atoms with E-state index >= 15 is 0 Å². The molecular weight excluding hydrogens is 240 g/mol. The molecule has 17 heavy (non-hydrogen) atoms. The van der Waals surface area contributed by atoms with Gasteiger partial charge in [0.25, 0.3) is 0 Å². The van der Waals surface area contributed by atoms with Gasteiger partial charge in [-0.15, -0.1) is 0 Å². The van der Waals surface area contributed by atoms with Crippen molar-refractivity contribution in [1.29, 1.82) is 0 Å². The molecule has 0 aliphatic carbocycles. The highest BCUT2D eigenvalue weighted by molar-refractivity contribution is 5.76. The Balaban J connectivity index is 2.79. The van der Waals surface area contributed by atoms with Crippen LogP contribution in [0.5, 0.6) is 0 Å². The fraction of sp³-hybridized carbons (Fsp3) is 0.364. The molecule has 1 atom stereocenters. The van der Waals surface area contributed by atoms with E-state index in [1.54, 1.807) is 0 Å². The van der Waals surface area contributed by atoms with Crippen molar-refractivity contribution in [1.82, 2.24) is 0 Å². The van der Waals surface area contributed by atoms with Gasteiger partial charge in [0.2, 0.25) is 0 Å². The molecule has 0 radical (unpaired) electrons. The summed E-state index contributed by atoms with van der Waals surface area (Å²) in [5, 5.41) is 8.83. The molecule has 0 aromatic heterocycles. The monoisotopic (exact) mass is 250 g/mol. The van der Waals surface area contributed by atoms with E-state index in [-0.39, 0.29) is 5.56 Å². The molecule has 1 rings (SSSR count). The molecule has 6 heteroatoms. The van der Waals surface area contributed by atoms with Crippen LogP contribution in [0.3, 0.4) is 0 Å². The fourth-order valence-electron chi connectivity index (χ4n) is 1.44. The van der Waals surface area contributed by atoms with Gasteiger partial charge in [-0.25, -0.2) is 4.39 Å². The lowest BCUT2D eigenvalue weighted by Gasteiger charge is -2.14. The second kappa shape index (κ2) is 5.16. The van der Waals surface area contributed by atoms with E-state index in [1.165, 1.54) is 12.1 Å². The number of rotatable bonds is 4. The molecule has 0 aliphatic rings. The maximum absolute atomic E-state index is 12.6. The molecule has 0 heterocycles. The first kappa shape index (κ1) is 13.5. The maximum Gasteiger partial charge on any atom is 0.389 e. The van der Waals surface area contributed by atoms with Gasteiger partial charge < -0.3 is 5.11 Å². The number of alkyl halides is 3. The van der Waals surface area contributed by atoms with Crippen LogP contribution >= 0.6 is 0 Å². The van der Waals surface area contributed by atoms with Crippen molar-refractivity contribution in [3.8, 4) is 0 Å². The average molecular weight is 250 g/mol. The SMILES string of the molecule is O=C(O)C(CCC(F)(F)F)c1ccc(F)cc1. The average Bonchev–Trinajstić information content (AvgIpc) is 2.18. The third kappa shape index (κ3) is 4.42. The zero-order chi connectivity index (χ0) is 13.1. The summed E-state index contributed by atoms with van der Waals surface area (Å²) in [6, 6.07) is 4.42. The lowest BCUT2D eigenvalue weighted by atomic mass is 9.94. The van der Waals surface area contributed by atoms with Gasteiger partial charge in [-0.05, 0) is 24.1 Å². The van der Waals surface area contributed by atoms with Crippen molar-refractivity contribution in [3.63, 3.8) is 0 Å². The standard InChI is InChI=1S/C11H10F4O2/c12-8-3-1-7(2-4-8)9(10(16)17)5-6-11(13,14)15/h1-4,9H,5-6H2,(H,16,17). The number of benzene rings is 1. The van der Waals surface area contributed by atoms with Crippen LogP contribution in [0.25, 0.3) is 0 Å². The van der Waals surface area contributed by atoms with Crippen LogP contribution in [0.4, 0.5) is 17.6 Å². The Labute approximate surface area is 94.9 Å². The van der Waals surface area contributed by atoms with Crippen LogP contribution in [0.15, 0.2) is 24.3 Å². The van der Waals surface area contributed by atoms with E-state index in [0.29, 0.717) is 0 Å². The van der Waals surface area contributed by atoms with E-state index < -0.39 is 36.7 Å². The highest BCUT2D eigenvalue weighted by Crippen LogP contribution is 2.29. The van der Waals surface area contributed by atoms with E-state index in [4.69, 9.17) is 5.11 Å². The summed E-state index contributed by atoms with van der Waals surface area (Å²) in [7, 11) is 0. The Morgan fingerprint density at radius 3 is 2.18 bits per heavy atom. The number of halogens is 4. The van der Waals surface area contributed by atoms with Gasteiger partial charge in [0.1, 0.15) is 5.82 Å². The second-order valence-electron chi connectivity index (χ2n) is 3.60. The summed E-state index contributed by atoms with van der Waals surface area (Å²) in [4.78, 5) is 10.8. The van der Waals surface area contributed by atoms with Gasteiger partial charge in [0, 0.05) is 6.42 Å². The van der Waals surface area contributed by atoms with Gasteiger partial charge in [0.15, 0.2) is 0 Å².